The molecule has 0 saturated heterocycles. The van der Waals surface area contributed by atoms with Crippen molar-refractivity contribution in [3.63, 3.8) is 0 Å². The molecule has 0 saturated carbocycles. The van der Waals surface area contributed by atoms with Crippen molar-refractivity contribution in [2.45, 2.75) is 33.0 Å². The summed E-state index contributed by atoms with van der Waals surface area (Å²) in [5.74, 6) is 0.799. The molecule has 2 aliphatic heterocycles. The van der Waals surface area contributed by atoms with Crippen molar-refractivity contribution in [1.29, 1.82) is 0 Å². The van der Waals surface area contributed by atoms with E-state index < -0.39 is 79.2 Å². The van der Waals surface area contributed by atoms with Gasteiger partial charge in [0.2, 0.25) is 0 Å². The van der Waals surface area contributed by atoms with Gasteiger partial charge in [0.25, 0.3) is 0 Å². The van der Waals surface area contributed by atoms with Gasteiger partial charge in [0.1, 0.15) is 0 Å². The second-order valence-electron chi connectivity index (χ2n) is 19.0. The predicted octanol–water partition coefficient (Wildman–Crippen LogP) is 16.0. The molecular weight excluding hydrogens is 1070 g/mol. The number of rotatable bonds is 8. The van der Waals surface area contributed by atoms with Crippen LogP contribution in [0.1, 0.15) is 48.3 Å². The van der Waals surface area contributed by atoms with Gasteiger partial charge in [0.15, 0.2) is 0 Å². The first-order chi connectivity index (χ1) is 40.7. The molecule has 0 radical (unpaired) electrons. The summed E-state index contributed by atoms with van der Waals surface area (Å²) in [5, 5.41) is 0. The first-order valence-corrected chi connectivity index (χ1v) is 25.1. The zero-order chi connectivity index (χ0) is 59.7. The molecule has 0 atom stereocenters. The Bertz CT molecular complexity index is 4650. The molecular formula is C65H50BN5OPt. The van der Waals surface area contributed by atoms with Crippen molar-refractivity contribution >= 4 is 46.4 Å². The fourth-order valence-corrected chi connectivity index (χ4v) is 11.6. The minimum absolute atomic E-state index is 0.00326. The molecule has 0 fully saturated rings. The first kappa shape index (κ1) is 33.4. The van der Waals surface area contributed by atoms with Crippen LogP contribution in [0.2, 0.25) is 0 Å². The summed E-state index contributed by atoms with van der Waals surface area (Å²) >= 11 is 2.24. The zero-order valence-electron chi connectivity index (χ0n) is 51.8. The number of pyridine rings is 1. The Morgan fingerprint density at radius 3 is 1.96 bits per heavy atom. The maximum absolute atomic E-state index is 9.44. The van der Waals surface area contributed by atoms with Crippen LogP contribution in [0.15, 0.2) is 230 Å². The van der Waals surface area contributed by atoms with Crippen LogP contribution in [0.4, 0.5) is 22.9 Å². The summed E-state index contributed by atoms with van der Waals surface area (Å²) in [6.07, 6.45) is 0. The van der Waals surface area contributed by atoms with E-state index in [1.807, 2.05) is 151 Å². The minimum atomic E-state index is -2.93. The number of anilines is 4. The van der Waals surface area contributed by atoms with Gasteiger partial charge in [-0.3, -0.25) is 0 Å². The maximum atomic E-state index is 9.44. The Morgan fingerprint density at radius 2 is 1.19 bits per heavy atom. The Hall–Kier alpha value is -8.25. The summed E-state index contributed by atoms with van der Waals surface area (Å²) in [4.78, 5) is 9.97. The van der Waals surface area contributed by atoms with Crippen LogP contribution < -0.4 is 19.8 Å². The number of nitrogens with zero attached hydrogens (tertiary/aromatic N) is 5. The molecule has 0 aliphatic carbocycles. The van der Waals surface area contributed by atoms with Gasteiger partial charge >= 0.3 is 372 Å². The fourth-order valence-electron chi connectivity index (χ4n) is 10.5. The first-order valence-electron chi connectivity index (χ1n) is 29.9. The van der Waals surface area contributed by atoms with E-state index in [1.165, 1.54) is 0 Å². The van der Waals surface area contributed by atoms with Gasteiger partial charge in [0, 0.05) is 11.3 Å². The number of fused-ring (bicyclic) bond motifs is 9. The van der Waals surface area contributed by atoms with Crippen LogP contribution in [-0.4, -0.2) is 21.1 Å². The molecule has 8 heteroatoms. The van der Waals surface area contributed by atoms with Crippen molar-refractivity contribution in [3.05, 3.63) is 245 Å². The number of para-hydroxylation sites is 6. The molecule has 0 unspecified atom stereocenters. The Morgan fingerprint density at radius 1 is 0.562 bits per heavy atom. The average molecular weight is 1140 g/mol. The molecule has 9 aromatic carbocycles. The second-order valence-corrected chi connectivity index (χ2v) is 20.0. The molecule has 4 heterocycles. The van der Waals surface area contributed by atoms with Crippen molar-refractivity contribution in [2.75, 3.05) is 9.62 Å². The van der Waals surface area contributed by atoms with Crippen LogP contribution in [0.25, 0.3) is 66.9 Å². The monoisotopic (exact) mass is 1130 g/mol. The van der Waals surface area contributed by atoms with Gasteiger partial charge in [-0.15, -0.1) is 0 Å². The van der Waals surface area contributed by atoms with Crippen molar-refractivity contribution in [1.82, 2.24) is 14.1 Å². The van der Waals surface area contributed by atoms with Crippen molar-refractivity contribution in [2.24, 2.45) is 0 Å². The molecule has 0 bridgehead atoms. The molecule has 2 aliphatic rings. The summed E-state index contributed by atoms with van der Waals surface area (Å²) in [6.45, 7) is 2.69. The summed E-state index contributed by atoms with van der Waals surface area (Å²) in [6, 6.07) is 52.2. The third-order valence-electron chi connectivity index (χ3n) is 13.6. The quantitative estimate of drug-likeness (QED) is 0.142. The summed E-state index contributed by atoms with van der Waals surface area (Å²) in [7, 11) is 0. The van der Waals surface area contributed by atoms with E-state index in [9.17, 15) is 5.48 Å². The predicted molar refractivity (Wildman–Crippen MR) is 298 cm³/mol. The zero-order valence-corrected chi connectivity index (χ0v) is 42.1. The number of benzene rings is 9. The summed E-state index contributed by atoms with van der Waals surface area (Å²) < 4.78 is 118. The van der Waals surface area contributed by atoms with E-state index in [0.29, 0.717) is 49.0 Å². The third-order valence-corrected chi connectivity index (χ3v) is 14.6. The van der Waals surface area contributed by atoms with E-state index in [1.54, 1.807) is 18.2 Å². The van der Waals surface area contributed by atoms with Crippen LogP contribution in [0.5, 0.6) is 11.6 Å². The van der Waals surface area contributed by atoms with E-state index >= 15 is 0 Å². The number of imidazole rings is 1. The molecule has 354 valence electrons. The third kappa shape index (κ3) is 7.52. The molecule has 13 rings (SSSR count). The molecule has 6 nitrogen and oxygen atoms in total. The van der Waals surface area contributed by atoms with Crippen LogP contribution >= 0.6 is 0 Å². The second kappa shape index (κ2) is 17.8. The molecule has 0 N–H and O–H groups in total. The SMILES string of the molecule is [2H]c1c([2H])c([2H])c(-c2c(C(C)(C)C)cc(N3B4c5ccccc5-c5ccccc5N4c4ccccc43)nc2Oc2cccc(-n3[c](=[Pt])n(-c4c(-c5ccccc5)cccc4-c4c([2H])c([2H])c([2H])c(C([2H])([2H])[2H])c4[2H])c4ccccc43)c2)c([2H])c1[2H]. The number of hydrogen-bond acceptors (Lipinski definition) is 4. The topological polar surface area (TPSA) is 38.5 Å². The Balaban J connectivity index is 1.04. The Kier molecular flexibility index (Phi) is 8.15. The van der Waals surface area contributed by atoms with E-state index in [4.69, 9.17) is 20.7 Å². The van der Waals surface area contributed by atoms with Gasteiger partial charge < -0.3 is 0 Å². The molecule has 2 aromatic heterocycles. The van der Waals surface area contributed by atoms with Gasteiger partial charge in [-0.25, -0.2) is 0 Å². The van der Waals surface area contributed by atoms with Crippen LogP contribution in [-0.2, 0) is 24.8 Å². The van der Waals surface area contributed by atoms with Gasteiger partial charge in [-0.05, 0) is 17.7 Å². The normalized spacial score (nSPS) is 15.2. The van der Waals surface area contributed by atoms with Gasteiger partial charge in [-0.2, -0.15) is 0 Å². The fraction of sp³-hybridized carbons (Fsp3) is 0.0769. The summed E-state index contributed by atoms with van der Waals surface area (Å²) in [5.41, 5.74) is 9.70. The number of ether oxygens (including phenoxy) is 1. The van der Waals surface area contributed by atoms with Crippen LogP contribution in [0, 0.1) is 10.7 Å². The van der Waals surface area contributed by atoms with E-state index in [-0.39, 0.29) is 22.6 Å². The number of hydrogen-bond donors (Lipinski definition) is 0. The van der Waals surface area contributed by atoms with Crippen LogP contribution in [0.3, 0.4) is 0 Å². The standard InChI is InChI=1S/C65H50BN5O.Pt/c1-44-22-19-27-47(40-44)51-33-21-32-50(45-23-7-5-8-24-45)63(51)69-43-68(57-36-15-16-37-58(57)69)48-28-20-29-49(41-48)72-64-62(46-25-9-6-10-26-46)54(65(2,3)4)42-61(67-64)71-60-39-18-17-38-59(60)70-56-35-14-12-31-53(56)52-30-11-13-34-55(52)66(70)71;/h5-42H,1-4H3;/i1D3,6D,9D,10D,19D,22D,25D,26D,27D,40D;. The molecule has 73 heavy (non-hydrogen) atoms. The van der Waals surface area contributed by atoms with Gasteiger partial charge in [0.05, 0.1) is 1.37 Å². The van der Waals surface area contributed by atoms with Crippen molar-refractivity contribution < 1.29 is 40.5 Å². The number of aromatic nitrogens is 3. The Labute approximate surface area is 454 Å². The van der Waals surface area contributed by atoms with E-state index in [0.717, 1.165) is 44.7 Å². The molecule has 11 aromatic rings. The van der Waals surface area contributed by atoms with Gasteiger partial charge in [-0.1, -0.05) is 54.6 Å². The molecule has 0 amide bonds. The average Bonchev–Trinajstić information content (AvgIpc) is 1.77. The van der Waals surface area contributed by atoms with Crippen molar-refractivity contribution in [3.8, 4) is 67.5 Å². The van der Waals surface area contributed by atoms with E-state index in [2.05, 4.69) is 65.4 Å². The molecule has 0 spiro atoms.